The molecular weight excluding hydrogens is 517 g/mol. The van der Waals surface area contributed by atoms with Gasteiger partial charge in [0.25, 0.3) is 0 Å². The Hall–Kier alpha value is -4.82. The zero-order valence-electron chi connectivity index (χ0n) is 24.5. The van der Waals surface area contributed by atoms with Gasteiger partial charge in [0.05, 0.1) is 0 Å². The number of anilines is 3. The summed E-state index contributed by atoms with van der Waals surface area (Å²) < 4.78 is 0. The molecule has 1 nitrogen and oxygen atoms in total. The van der Waals surface area contributed by atoms with Crippen molar-refractivity contribution in [1.29, 1.82) is 0 Å². The minimum Gasteiger partial charge on any atom is -0.310 e. The van der Waals surface area contributed by atoms with Gasteiger partial charge in [0.2, 0.25) is 6.71 Å². The molecule has 9 rings (SSSR count). The van der Waals surface area contributed by atoms with E-state index in [0.717, 1.165) is 0 Å². The normalized spacial score (nSPS) is 18.1. The van der Waals surface area contributed by atoms with E-state index in [-0.39, 0.29) is 5.41 Å². The third-order valence-electron chi connectivity index (χ3n) is 10.4. The smallest absolute Gasteiger partial charge is 0.219 e. The van der Waals surface area contributed by atoms with Crippen LogP contribution in [0.4, 0.5) is 17.1 Å². The summed E-state index contributed by atoms with van der Waals surface area (Å²) in [4.78, 5) is 2.44. The highest BCUT2D eigenvalue weighted by Gasteiger charge is 2.59. The molecule has 204 valence electrons. The predicted molar refractivity (Wildman–Crippen MR) is 182 cm³/mol. The van der Waals surface area contributed by atoms with Crippen LogP contribution in [0, 0.1) is 0 Å². The van der Waals surface area contributed by atoms with Crippen LogP contribution in [0.3, 0.4) is 0 Å². The van der Waals surface area contributed by atoms with Crippen molar-refractivity contribution in [2.24, 2.45) is 0 Å². The summed E-state index contributed by atoms with van der Waals surface area (Å²) in [5.41, 5.74) is 16.6. The number of hydrogen-bond donors (Lipinski definition) is 0. The van der Waals surface area contributed by atoms with Gasteiger partial charge in [0.1, 0.15) is 0 Å². The monoisotopic (exact) mass is 549 g/mol. The highest BCUT2D eigenvalue weighted by Crippen LogP contribution is 2.61. The van der Waals surface area contributed by atoms with Crippen molar-refractivity contribution >= 4 is 34.7 Å². The number of benzene rings is 6. The first-order valence-electron chi connectivity index (χ1n) is 15.5. The van der Waals surface area contributed by atoms with E-state index < -0.39 is 0 Å². The number of para-hydroxylation sites is 2. The SMILES string of the molecule is CC1(C)c2ccccc2C2B3c4ccc(-c5ccccc5)cc4-c4cc(N(c5ccccc5)c5ccccc5)cc(c43)C21. The van der Waals surface area contributed by atoms with Gasteiger partial charge in [-0.15, -0.1) is 0 Å². The number of rotatable bonds is 4. The minimum absolute atomic E-state index is 0.0481. The van der Waals surface area contributed by atoms with Crippen LogP contribution in [-0.4, -0.2) is 6.71 Å². The van der Waals surface area contributed by atoms with Crippen LogP contribution in [0.5, 0.6) is 0 Å². The maximum atomic E-state index is 2.54. The van der Waals surface area contributed by atoms with Crippen LogP contribution in [-0.2, 0) is 5.41 Å². The first-order valence-corrected chi connectivity index (χ1v) is 15.5. The van der Waals surface area contributed by atoms with E-state index in [1.807, 2.05) is 0 Å². The molecule has 43 heavy (non-hydrogen) atoms. The molecule has 0 fully saturated rings. The predicted octanol–water partition coefficient (Wildman–Crippen LogP) is 9.12. The Kier molecular flexibility index (Phi) is 5.23. The van der Waals surface area contributed by atoms with Crippen molar-refractivity contribution < 1.29 is 0 Å². The molecule has 0 N–H and O–H groups in total. The quantitative estimate of drug-likeness (QED) is 0.198. The van der Waals surface area contributed by atoms with Crippen LogP contribution >= 0.6 is 0 Å². The first-order chi connectivity index (χ1) is 21.1. The molecule has 0 radical (unpaired) electrons. The summed E-state index contributed by atoms with van der Waals surface area (Å²) in [6.07, 6.45) is 0. The van der Waals surface area contributed by atoms with Gasteiger partial charge in [-0.05, 0) is 98.6 Å². The van der Waals surface area contributed by atoms with E-state index in [4.69, 9.17) is 0 Å². The molecule has 2 heterocycles. The molecule has 6 aromatic carbocycles. The van der Waals surface area contributed by atoms with E-state index in [1.165, 1.54) is 61.5 Å². The second kappa shape index (κ2) is 9.09. The zero-order valence-corrected chi connectivity index (χ0v) is 24.5. The van der Waals surface area contributed by atoms with Gasteiger partial charge in [0.15, 0.2) is 0 Å². The maximum Gasteiger partial charge on any atom is 0.219 e. The lowest BCUT2D eigenvalue weighted by Gasteiger charge is -2.32. The highest BCUT2D eigenvalue weighted by molar-refractivity contribution is 6.92. The summed E-state index contributed by atoms with van der Waals surface area (Å²) in [6, 6.07) is 54.0. The molecule has 0 aromatic heterocycles. The number of nitrogens with zero attached hydrogens (tertiary/aromatic N) is 1. The standard InChI is InChI=1S/C41H32BN/c1-41(2)36-21-13-12-20-32(36)40-38(41)35-26-31(43(29-16-8-4-9-17-29)30-18-10-5-11-19-30)25-34-33-24-28(27-14-6-3-7-15-27)22-23-37(33)42(40)39(34)35/h3-26,38,40H,1-2H3. The van der Waals surface area contributed by atoms with Crippen LogP contribution in [0.25, 0.3) is 22.3 Å². The Balaban J connectivity index is 1.33. The maximum absolute atomic E-state index is 2.54. The molecule has 0 spiro atoms. The van der Waals surface area contributed by atoms with Gasteiger partial charge in [0, 0.05) is 17.1 Å². The molecule has 6 aromatic rings. The van der Waals surface area contributed by atoms with Gasteiger partial charge in [-0.25, -0.2) is 0 Å². The summed E-state index contributed by atoms with van der Waals surface area (Å²) in [5, 5.41) is 0. The van der Waals surface area contributed by atoms with Crippen molar-refractivity contribution in [1.82, 2.24) is 0 Å². The summed E-state index contributed by atoms with van der Waals surface area (Å²) in [5.74, 6) is 0.875. The summed E-state index contributed by atoms with van der Waals surface area (Å²) in [7, 11) is 0. The Bertz CT molecular complexity index is 1970. The van der Waals surface area contributed by atoms with Crippen molar-refractivity contribution in [3.63, 3.8) is 0 Å². The topological polar surface area (TPSA) is 3.24 Å². The van der Waals surface area contributed by atoms with Gasteiger partial charge in [-0.2, -0.15) is 0 Å². The molecule has 0 bridgehead atoms. The Morgan fingerprint density at radius 2 is 1.16 bits per heavy atom. The lowest BCUT2D eigenvalue weighted by atomic mass is 9.36. The van der Waals surface area contributed by atoms with E-state index >= 15 is 0 Å². The van der Waals surface area contributed by atoms with Crippen LogP contribution < -0.4 is 15.8 Å². The lowest BCUT2D eigenvalue weighted by molar-refractivity contribution is 0.446. The largest absolute Gasteiger partial charge is 0.310 e. The Morgan fingerprint density at radius 1 is 0.535 bits per heavy atom. The molecule has 2 atom stereocenters. The molecule has 0 amide bonds. The highest BCUT2D eigenvalue weighted by atomic mass is 15.1. The molecular formula is C41H32BN. The average Bonchev–Trinajstić information content (AvgIpc) is 3.65. The van der Waals surface area contributed by atoms with Gasteiger partial charge in [-0.3, -0.25) is 0 Å². The lowest BCUT2D eigenvalue weighted by Crippen LogP contribution is -2.40. The fourth-order valence-electron chi connectivity index (χ4n) is 8.74. The second-order valence-corrected chi connectivity index (χ2v) is 13.0. The number of fused-ring (bicyclic) bond motifs is 8. The first kappa shape index (κ1) is 24.8. The molecule has 2 heteroatoms. The molecule has 3 aliphatic rings. The van der Waals surface area contributed by atoms with E-state index in [0.29, 0.717) is 18.4 Å². The van der Waals surface area contributed by atoms with Crippen molar-refractivity contribution in [2.45, 2.75) is 31.0 Å². The van der Waals surface area contributed by atoms with Gasteiger partial charge < -0.3 is 4.90 Å². The molecule has 2 unspecified atom stereocenters. The fraction of sp³-hybridized carbons (Fsp3) is 0.122. The second-order valence-electron chi connectivity index (χ2n) is 13.0. The summed E-state index contributed by atoms with van der Waals surface area (Å²) in [6.45, 7) is 5.33. The van der Waals surface area contributed by atoms with Gasteiger partial charge in [-0.1, -0.05) is 128 Å². The van der Waals surface area contributed by atoms with Crippen molar-refractivity contribution in [2.75, 3.05) is 4.90 Å². The zero-order chi connectivity index (χ0) is 28.7. The Morgan fingerprint density at radius 3 is 1.86 bits per heavy atom. The molecule has 0 saturated heterocycles. The van der Waals surface area contributed by atoms with E-state index in [1.54, 1.807) is 5.46 Å². The van der Waals surface area contributed by atoms with Crippen LogP contribution in [0.15, 0.2) is 146 Å². The third-order valence-corrected chi connectivity index (χ3v) is 10.4. The molecule has 1 aliphatic carbocycles. The Labute approximate surface area is 254 Å². The molecule has 2 aliphatic heterocycles. The fourth-order valence-corrected chi connectivity index (χ4v) is 8.74. The average molecular weight is 550 g/mol. The van der Waals surface area contributed by atoms with E-state index in [9.17, 15) is 0 Å². The van der Waals surface area contributed by atoms with Crippen molar-refractivity contribution in [3.05, 3.63) is 162 Å². The van der Waals surface area contributed by atoms with Crippen LogP contribution in [0.2, 0.25) is 0 Å². The van der Waals surface area contributed by atoms with Crippen molar-refractivity contribution in [3.8, 4) is 22.3 Å². The minimum atomic E-state index is 0.0481. The van der Waals surface area contributed by atoms with Gasteiger partial charge >= 0.3 is 0 Å². The molecule has 0 saturated carbocycles. The van der Waals surface area contributed by atoms with Crippen LogP contribution in [0.1, 0.15) is 42.3 Å². The number of hydrogen-bond acceptors (Lipinski definition) is 1. The summed E-state index contributed by atoms with van der Waals surface area (Å²) >= 11 is 0. The third kappa shape index (κ3) is 3.47. The van der Waals surface area contributed by atoms with E-state index in [2.05, 4.69) is 164 Å².